The molecule has 3 aromatic carbocycles. The van der Waals surface area contributed by atoms with Crippen LogP contribution in [0.25, 0.3) is 11.0 Å². The topological polar surface area (TPSA) is 157 Å². The predicted octanol–water partition coefficient (Wildman–Crippen LogP) is 4.18. The molecule has 0 fully saturated rings. The number of carbonyl (C=O) groups excluding carboxylic acids is 3. The zero-order chi connectivity index (χ0) is 35.1. The third-order valence-corrected chi connectivity index (χ3v) is 9.07. The van der Waals surface area contributed by atoms with E-state index in [1.165, 1.54) is 31.3 Å². The van der Waals surface area contributed by atoms with Crippen LogP contribution < -0.4 is 24.3 Å². The molecule has 12 nitrogen and oxygen atoms in total. The molecule has 13 heteroatoms. The second-order valence-corrected chi connectivity index (χ2v) is 12.4. The standard InChI is InChI=1S/C36H37IN2O10/c1-45-27-9-5-4-7-22(27)11-13-39(36(44)31-18-23-8-6-10-28(46-2)33(23)49-31)26-17-24(35(43)38-12-14-40)19-29(32(26)42)48-34-25(37)15-21(20-41)16-30(34)47-3/h4-10,15-16,18-20,26,29,32,40,42H,11-14,17H2,1-3H3,(H,38,43). The van der Waals surface area contributed by atoms with Crippen LogP contribution in [0.1, 0.15) is 32.9 Å². The van der Waals surface area contributed by atoms with Gasteiger partial charge in [0.1, 0.15) is 24.2 Å². The number of nitrogens with zero attached hydrogens (tertiary/aromatic N) is 1. The highest BCUT2D eigenvalue weighted by molar-refractivity contribution is 14.1. The second kappa shape index (κ2) is 16.2. The van der Waals surface area contributed by atoms with E-state index in [-0.39, 0.29) is 48.9 Å². The third kappa shape index (κ3) is 7.84. The number of methoxy groups -OCH3 is 3. The van der Waals surface area contributed by atoms with E-state index in [2.05, 4.69) is 5.32 Å². The van der Waals surface area contributed by atoms with Crippen LogP contribution in [-0.2, 0) is 11.2 Å². The van der Waals surface area contributed by atoms with Gasteiger partial charge in [0.25, 0.3) is 5.91 Å². The van der Waals surface area contributed by atoms with E-state index in [0.29, 0.717) is 44.3 Å². The van der Waals surface area contributed by atoms with Crippen molar-refractivity contribution in [1.29, 1.82) is 0 Å². The number of furan rings is 1. The summed E-state index contributed by atoms with van der Waals surface area (Å²) in [5.74, 6) is 0.616. The number of aliphatic hydroxyl groups is 2. The SMILES string of the molecule is COc1ccccc1CCN(C(=O)c1cc2cccc(OC)c2o1)C1CC(C(=O)NCCO)=CC(Oc2c(I)cc(C=O)cc2OC)C1O. The Hall–Kier alpha value is -4.60. The smallest absolute Gasteiger partial charge is 0.289 e. The molecular formula is C36H37IN2O10. The number of halogens is 1. The third-order valence-electron chi connectivity index (χ3n) is 8.27. The molecule has 1 aromatic heterocycles. The molecule has 0 radical (unpaired) electrons. The van der Waals surface area contributed by atoms with Crippen LogP contribution in [0.4, 0.5) is 0 Å². The van der Waals surface area contributed by atoms with Crippen molar-refractivity contribution in [2.75, 3.05) is 41.0 Å². The first-order chi connectivity index (χ1) is 23.7. The van der Waals surface area contributed by atoms with E-state index in [0.717, 1.165) is 5.56 Å². The van der Waals surface area contributed by atoms with Gasteiger partial charge in [-0.3, -0.25) is 14.4 Å². The molecule has 5 rings (SSSR count). The van der Waals surface area contributed by atoms with Crippen LogP contribution >= 0.6 is 22.6 Å². The Morgan fingerprint density at radius 2 is 1.76 bits per heavy atom. The van der Waals surface area contributed by atoms with E-state index >= 15 is 0 Å². The molecule has 1 aliphatic carbocycles. The zero-order valence-electron chi connectivity index (χ0n) is 27.2. The number of fused-ring (bicyclic) bond motifs is 1. The highest BCUT2D eigenvalue weighted by Crippen LogP contribution is 2.37. The number of hydrogen-bond acceptors (Lipinski definition) is 10. The van der Waals surface area contributed by atoms with Crippen LogP contribution in [0.2, 0.25) is 0 Å². The van der Waals surface area contributed by atoms with Gasteiger partial charge in [0.05, 0.1) is 37.5 Å². The molecule has 0 aliphatic heterocycles. The predicted molar refractivity (Wildman–Crippen MR) is 189 cm³/mol. The van der Waals surface area contributed by atoms with Crippen molar-refractivity contribution in [3.8, 4) is 23.0 Å². The van der Waals surface area contributed by atoms with Crippen LogP contribution in [0.5, 0.6) is 23.0 Å². The lowest BCUT2D eigenvalue weighted by Gasteiger charge is -2.40. The first-order valence-corrected chi connectivity index (χ1v) is 16.6. The van der Waals surface area contributed by atoms with E-state index in [1.807, 2.05) is 46.9 Å². The Morgan fingerprint density at radius 3 is 2.47 bits per heavy atom. The lowest BCUT2D eigenvalue weighted by Crippen LogP contribution is -2.55. The minimum absolute atomic E-state index is 0.00502. The van der Waals surface area contributed by atoms with Crippen molar-refractivity contribution in [2.45, 2.75) is 31.1 Å². The highest BCUT2D eigenvalue weighted by Gasteiger charge is 2.42. The fourth-order valence-electron chi connectivity index (χ4n) is 5.85. The van der Waals surface area contributed by atoms with E-state index in [4.69, 9.17) is 23.4 Å². The van der Waals surface area contributed by atoms with Crippen molar-refractivity contribution in [1.82, 2.24) is 10.2 Å². The summed E-state index contributed by atoms with van der Waals surface area (Å²) in [6, 6.07) is 16.5. The number of aldehydes is 1. The molecule has 1 heterocycles. The second-order valence-electron chi connectivity index (χ2n) is 11.2. The molecule has 2 amide bonds. The number of ether oxygens (including phenoxy) is 4. The van der Waals surface area contributed by atoms with Crippen LogP contribution in [-0.4, -0.2) is 92.5 Å². The first kappa shape index (κ1) is 35.7. The number of hydrogen-bond donors (Lipinski definition) is 3. The van der Waals surface area contributed by atoms with Gasteiger partial charge in [0.15, 0.2) is 28.6 Å². The van der Waals surface area contributed by atoms with Gasteiger partial charge < -0.3 is 43.8 Å². The van der Waals surface area contributed by atoms with Gasteiger partial charge in [-0.05, 0) is 71.0 Å². The van der Waals surface area contributed by atoms with Gasteiger partial charge in [-0.1, -0.05) is 30.3 Å². The van der Waals surface area contributed by atoms with Crippen molar-refractivity contribution >= 4 is 51.7 Å². The summed E-state index contributed by atoms with van der Waals surface area (Å²) in [6.45, 7) is -0.157. The molecule has 0 saturated heterocycles. The molecule has 0 bridgehead atoms. The number of para-hydroxylation sites is 2. The lowest BCUT2D eigenvalue weighted by molar-refractivity contribution is -0.118. The first-order valence-electron chi connectivity index (χ1n) is 15.5. The van der Waals surface area contributed by atoms with Gasteiger partial charge in [-0.15, -0.1) is 0 Å². The number of carbonyl (C=O) groups is 3. The summed E-state index contributed by atoms with van der Waals surface area (Å²) in [4.78, 5) is 40.8. The Morgan fingerprint density at radius 1 is 1.02 bits per heavy atom. The Balaban J connectivity index is 1.58. The van der Waals surface area contributed by atoms with Gasteiger partial charge in [0, 0.05) is 36.0 Å². The Labute approximate surface area is 296 Å². The minimum atomic E-state index is -1.33. The highest BCUT2D eigenvalue weighted by atomic mass is 127. The van der Waals surface area contributed by atoms with Crippen molar-refractivity contribution in [3.63, 3.8) is 0 Å². The Kier molecular flexibility index (Phi) is 11.8. The lowest BCUT2D eigenvalue weighted by atomic mass is 9.87. The molecule has 0 saturated carbocycles. The van der Waals surface area contributed by atoms with Crippen LogP contribution in [0, 0.1) is 3.57 Å². The van der Waals surface area contributed by atoms with Crippen LogP contribution in [0.15, 0.2) is 76.7 Å². The fourth-order valence-corrected chi connectivity index (χ4v) is 6.60. The molecule has 1 aliphatic rings. The van der Waals surface area contributed by atoms with E-state index in [9.17, 15) is 24.6 Å². The summed E-state index contributed by atoms with van der Waals surface area (Å²) < 4.78 is 29.4. The quantitative estimate of drug-likeness (QED) is 0.125. The van der Waals surface area contributed by atoms with Gasteiger partial charge in [0.2, 0.25) is 5.91 Å². The van der Waals surface area contributed by atoms with Gasteiger partial charge >= 0.3 is 0 Å². The fraction of sp³-hybridized carbons (Fsp3) is 0.306. The van der Waals surface area contributed by atoms with Gasteiger partial charge in [-0.2, -0.15) is 0 Å². The van der Waals surface area contributed by atoms with Crippen LogP contribution in [0.3, 0.4) is 0 Å². The summed E-state index contributed by atoms with van der Waals surface area (Å²) >= 11 is 2.00. The normalized spacial score (nSPS) is 17.2. The summed E-state index contributed by atoms with van der Waals surface area (Å²) in [5, 5.41) is 24.7. The molecule has 4 aromatic rings. The molecule has 49 heavy (non-hydrogen) atoms. The summed E-state index contributed by atoms with van der Waals surface area (Å²) in [5.41, 5.74) is 1.84. The summed E-state index contributed by atoms with van der Waals surface area (Å²) in [7, 11) is 4.50. The van der Waals surface area contributed by atoms with Crippen molar-refractivity contribution < 1.29 is 48.0 Å². The van der Waals surface area contributed by atoms with E-state index in [1.54, 1.807) is 37.4 Å². The number of benzene rings is 3. The zero-order valence-corrected chi connectivity index (χ0v) is 29.3. The van der Waals surface area contributed by atoms with Crippen molar-refractivity contribution in [3.05, 3.63) is 92.8 Å². The summed E-state index contributed by atoms with van der Waals surface area (Å²) in [6.07, 6.45) is 0.0473. The van der Waals surface area contributed by atoms with Gasteiger partial charge in [-0.25, -0.2) is 0 Å². The number of nitrogens with one attached hydrogen (secondary N) is 1. The number of aliphatic hydroxyl groups excluding tert-OH is 2. The van der Waals surface area contributed by atoms with Crippen molar-refractivity contribution in [2.24, 2.45) is 0 Å². The maximum Gasteiger partial charge on any atom is 0.289 e. The molecule has 0 spiro atoms. The minimum Gasteiger partial charge on any atom is -0.496 e. The molecule has 258 valence electrons. The maximum atomic E-state index is 14.5. The molecule has 3 atom stereocenters. The maximum absolute atomic E-state index is 14.5. The molecule has 3 N–H and O–H groups in total. The average Bonchev–Trinajstić information content (AvgIpc) is 3.57. The monoisotopic (exact) mass is 784 g/mol. The largest absolute Gasteiger partial charge is 0.496 e. The Bertz CT molecular complexity index is 1850. The number of rotatable bonds is 14. The van der Waals surface area contributed by atoms with E-state index < -0.39 is 30.1 Å². The molecular weight excluding hydrogens is 747 g/mol. The average molecular weight is 785 g/mol. The number of amides is 2. The molecule has 3 unspecified atom stereocenters.